The van der Waals surface area contributed by atoms with Crippen LogP contribution in [0.1, 0.15) is 5.69 Å². The average Bonchev–Trinajstić information content (AvgIpc) is 2.19. The van der Waals surface area contributed by atoms with Crippen molar-refractivity contribution < 1.29 is 0 Å². The summed E-state index contributed by atoms with van der Waals surface area (Å²) in [5, 5.41) is 5.01. The minimum absolute atomic E-state index is 0.0819. The Morgan fingerprint density at radius 3 is 2.71 bits per heavy atom. The minimum atomic E-state index is 0.0819. The second-order valence-electron chi connectivity index (χ2n) is 2.82. The Morgan fingerprint density at radius 2 is 1.93 bits per heavy atom. The third-order valence-corrected chi connectivity index (χ3v) is 2.06. The van der Waals surface area contributed by atoms with Gasteiger partial charge in [-0.2, -0.15) is 4.91 Å². The fourth-order valence-corrected chi connectivity index (χ4v) is 1.38. The number of aromatic nitrogens is 2. The summed E-state index contributed by atoms with van der Waals surface area (Å²) in [6.07, 6.45) is 3.30. The summed E-state index contributed by atoms with van der Waals surface area (Å²) in [7, 11) is 0. The smallest absolute Gasteiger partial charge is 0.129 e. The first-order valence-corrected chi connectivity index (χ1v) is 4.36. The van der Waals surface area contributed by atoms with Crippen LogP contribution in [0.2, 0.25) is 5.15 Å². The normalized spacial score (nSPS) is 10.4. The number of fused-ring (bicyclic) bond motifs is 1. The van der Waals surface area contributed by atoms with E-state index in [0.29, 0.717) is 10.8 Å². The monoisotopic (exact) mass is 207 g/mol. The van der Waals surface area contributed by atoms with Gasteiger partial charge in [-0.15, -0.1) is 0 Å². The highest BCUT2D eigenvalue weighted by Crippen LogP contribution is 2.16. The molecule has 2 aromatic rings. The number of hydrogen-bond donors (Lipinski definition) is 0. The zero-order valence-electron chi connectivity index (χ0n) is 7.14. The van der Waals surface area contributed by atoms with Gasteiger partial charge in [-0.25, -0.2) is 4.98 Å². The third-order valence-electron chi connectivity index (χ3n) is 1.85. The first-order valence-electron chi connectivity index (χ1n) is 3.99. The van der Waals surface area contributed by atoms with Crippen LogP contribution in [0.25, 0.3) is 10.8 Å². The van der Waals surface area contributed by atoms with Gasteiger partial charge in [0, 0.05) is 23.2 Å². The lowest BCUT2D eigenvalue weighted by atomic mass is 10.2. The van der Waals surface area contributed by atoms with E-state index in [1.165, 1.54) is 0 Å². The van der Waals surface area contributed by atoms with Crippen molar-refractivity contribution >= 4 is 22.4 Å². The lowest BCUT2D eigenvalue weighted by molar-refractivity contribution is 0.987. The highest BCUT2D eigenvalue weighted by atomic mass is 35.5. The summed E-state index contributed by atoms with van der Waals surface area (Å²) in [6, 6.07) is 3.50. The molecule has 0 aromatic carbocycles. The molecule has 0 atom stereocenters. The zero-order valence-corrected chi connectivity index (χ0v) is 7.90. The average molecular weight is 208 g/mol. The molecule has 0 aliphatic rings. The highest BCUT2D eigenvalue weighted by Gasteiger charge is 1.99. The molecular formula is C9H6ClN3O. The molecule has 0 bridgehead atoms. The van der Waals surface area contributed by atoms with Gasteiger partial charge in [0.15, 0.2) is 0 Å². The van der Waals surface area contributed by atoms with Crippen LogP contribution in [0.4, 0.5) is 0 Å². The predicted molar refractivity (Wildman–Crippen MR) is 54.0 cm³/mol. The number of nitroso groups, excluding NO2 is 1. The summed E-state index contributed by atoms with van der Waals surface area (Å²) in [5.74, 6) is 0. The molecule has 0 aliphatic heterocycles. The molecule has 14 heavy (non-hydrogen) atoms. The van der Waals surface area contributed by atoms with Crippen LogP contribution in [0.5, 0.6) is 0 Å². The van der Waals surface area contributed by atoms with Crippen molar-refractivity contribution in [2.24, 2.45) is 5.18 Å². The largest absolute Gasteiger partial charge is 0.259 e. The Morgan fingerprint density at radius 1 is 1.21 bits per heavy atom. The fraction of sp³-hybridized carbons (Fsp3) is 0.111. The van der Waals surface area contributed by atoms with Crippen LogP contribution in [-0.2, 0) is 6.54 Å². The van der Waals surface area contributed by atoms with E-state index in [4.69, 9.17) is 11.6 Å². The number of rotatable bonds is 2. The molecule has 0 unspecified atom stereocenters. The summed E-state index contributed by atoms with van der Waals surface area (Å²) >= 11 is 5.71. The molecule has 0 aliphatic carbocycles. The van der Waals surface area contributed by atoms with E-state index in [1.54, 1.807) is 24.5 Å². The number of halogens is 1. The number of hydrogen-bond acceptors (Lipinski definition) is 4. The third kappa shape index (κ3) is 1.70. The van der Waals surface area contributed by atoms with Crippen molar-refractivity contribution in [2.45, 2.75) is 6.54 Å². The van der Waals surface area contributed by atoms with Gasteiger partial charge in [-0.05, 0) is 12.1 Å². The summed E-state index contributed by atoms with van der Waals surface area (Å²) in [5.41, 5.74) is 0.636. The molecule has 0 saturated heterocycles. The summed E-state index contributed by atoms with van der Waals surface area (Å²) in [6.45, 7) is 0.0819. The molecule has 70 valence electrons. The van der Waals surface area contributed by atoms with Crippen molar-refractivity contribution in [3.05, 3.63) is 40.3 Å². The molecule has 2 rings (SSSR count). The van der Waals surface area contributed by atoms with Crippen molar-refractivity contribution in [1.29, 1.82) is 0 Å². The Kier molecular flexibility index (Phi) is 2.37. The van der Waals surface area contributed by atoms with Crippen molar-refractivity contribution in [1.82, 2.24) is 9.97 Å². The molecule has 0 saturated carbocycles. The van der Waals surface area contributed by atoms with Crippen molar-refractivity contribution in [3.8, 4) is 0 Å². The molecule has 5 heteroatoms. The van der Waals surface area contributed by atoms with Crippen LogP contribution in [0, 0.1) is 4.91 Å². The molecular weight excluding hydrogens is 202 g/mol. The SMILES string of the molecule is O=NCc1cc2cnc(Cl)cc2cn1. The van der Waals surface area contributed by atoms with Crippen LogP contribution in [-0.4, -0.2) is 9.97 Å². The lowest BCUT2D eigenvalue weighted by Gasteiger charge is -1.98. The molecule has 0 radical (unpaired) electrons. The molecule has 0 spiro atoms. The maximum atomic E-state index is 10.0. The second kappa shape index (κ2) is 3.67. The Labute approximate surface area is 84.9 Å². The van der Waals surface area contributed by atoms with Crippen molar-refractivity contribution in [2.75, 3.05) is 0 Å². The molecule has 0 fully saturated rings. The summed E-state index contributed by atoms with van der Waals surface area (Å²) < 4.78 is 0. The van der Waals surface area contributed by atoms with Gasteiger partial charge < -0.3 is 0 Å². The summed E-state index contributed by atoms with van der Waals surface area (Å²) in [4.78, 5) is 18.0. The van der Waals surface area contributed by atoms with E-state index in [2.05, 4.69) is 15.1 Å². The van der Waals surface area contributed by atoms with E-state index in [0.717, 1.165) is 10.8 Å². The highest BCUT2D eigenvalue weighted by molar-refractivity contribution is 6.30. The first kappa shape index (κ1) is 9.02. The molecule has 2 heterocycles. The van der Waals surface area contributed by atoms with Gasteiger partial charge in [0.05, 0.1) is 5.69 Å². The number of pyridine rings is 2. The van der Waals surface area contributed by atoms with Gasteiger partial charge in [-0.1, -0.05) is 16.8 Å². The molecule has 4 nitrogen and oxygen atoms in total. The topological polar surface area (TPSA) is 55.2 Å². The second-order valence-corrected chi connectivity index (χ2v) is 3.20. The lowest BCUT2D eigenvalue weighted by Crippen LogP contribution is -1.87. The quantitative estimate of drug-likeness (QED) is 0.562. The van der Waals surface area contributed by atoms with E-state index in [-0.39, 0.29) is 6.54 Å². The van der Waals surface area contributed by atoms with Gasteiger partial charge in [-0.3, -0.25) is 4.98 Å². The standard InChI is InChI=1S/C9H6ClN3O/c10-9-2-7-3-11-8(5-13-14)1-6(7)4-12-9/h1-4H,5H2. The fourth-order valence-electron chi connectivity index (χ4n) is 1.21. The number of nitrogens with zero attached hydrogens (tertiary/aromatic N) is 3. The minimum Gasteiger partial charge on any atom is -0.259 e. The van der Waals surface area contributed by atoms with Crippen LogP contribution >= 0.6 is 11.6 Å². The Balaban J connectivity index is 2.55. The maximum absolute atomic E-state index is 10.0. The van der Waals surface area contributed by atoms with Crippen LogP contribution < -0.4 is 0 Å². The van der Waals surface area contributed by atoms with E-state index < -0.39 is 0 Å². The molecule has 0 N–H and O–H groups in total. The maximum Gasteiger partial charge on any atom is 0.129 e. The van der Waals surface area contributed by atoms with Crippen LogP contribution in [0.3, 0.4) is 0 Å². The van der Waals surface area contributed by atoms with Crippen LogP contribution in [0.15, 0.2) is 29.7 Å². The van der Waals surface area contributed by atoms with E-state index in [9.17, 15) is 4.91 Å². The molecule has 0 amide bonds. The first-order chi connectivity index (χ1) is 6.79. The van der Waals surface area contributed by atoms with E-state index in [1.807, 2.05) is 0 Å². The Bertz CT molecular complexity index is 486. The van der Waals surface area contributed by atoms with Gasteiger partial charge in [0.1, 0.15) is 11.7 Å². The van der Waals surface area contributed by atoms with Gasteiger partial charge in [0.2, 0.25) is 0 Å². The van der Waals surface area contributed by atoms with Gasteiger partial charge in [0.25, 0.3) is 0 Å². The van der Waals surface area contributed by atoms with E-state index >= 15 is 0 Å². The van der Waals surface area contributed by atoms with Crippen molar-refractivity contribution in [3.63, 3.8) is 0 Å². The zero-order chi connectivity index (χ0) is 9.97. The predicted octanol–water partition coefficient (Wildman–Crippen LogP) is 2.55. The Hall–Kier alpha value is -1.55. The molecule has 2 aromatic heterocycles. The van der Waals surface area contributed by atoms with Gasteiger partial charge >= 0.3 is 0 Å².